The summed E-state index contributed by atoms with van der Waals surface area (Å²) in [7, 11) is 0. The minimum atomic E-state index is -0.446. The lowest BCUT2D eigenvalue weighted by molar-refractivity contribution is 0.541. The van der Waals surface area contributed by atoms with Crippen LogP contribution in [0.2, 0.25) is 0 Å². The molecule has 0 spiro atoms. The molecule has 2 aromatic rings. The number of rotatable bonds is 1. The molecule has 0 unspecified atom stereocenters. The van der Waals surface area contributed by atoms with Crippen molar-refractivity contribution in [1.82, 2.24) is 9.97 Å². The Balaban J connectivity index is 2.16. The van der Waals surface area contributed by atoms with E-state index in [-0.39, 0.29) is 0 Å². The van der Waals surface area contributed by atoms with E-state index >= 15 is 0 Å². The van der Waals surface area contributed by atoms with Crippen LogP contribution in [0.1, 0.15) is 37.3 Å². The van der Waals surface area contributed by atoms with E-state index in [2.05, 4.69) is 25.9 Å². The molecule has 1 N–H and O–H groups in total. The fourth-order valence-corrected chi connectivity index (χ4v) is 3.00. The second-order valence-electron chi connectivity index (χ2n) is 4.20. The largest absolute Gasteiger partial charge is 0.418 e. The molecule has 4 nitrogen and oxygen atoms in total. The molecule has 0 aromatic carbocycles. The molecule has 0 radical (unpaired) electrons. The van der Waals surface area contributed by atoms with Gasteiger partial charge in [0, 0.05) is 10.4 Å². The SMILES string of the molecule is O=c1[nH]c2cc(Br)c(C3CCCC3)nc2o1. The highest BCUT2D eigenvalue weighted by atomic mass is 79.9. The molecule has 1 fully saturated rings. The van der Waals surface area contributed by atoms with Crippen molar-refractivity contribution in [3.63, 3.8) is 0 Å². The van der Waals surface area contributed by atoms with Crippen molar-refractivity contribution in [2.45, 2.75) is 31.6 Å². The Morgan fingerprint density at radius 3 is 2.94 bits per heavy atom. The zero-order valence-electron chi connectivity index (χ0n) is 8.62. The third-order valence-electron chi connectivity index (χ3n) is 3.14. The number of fused-ring (bicyclic) bond motifs is 1. The Hall–Kier alpha value is -1.10. The van der Waals surface area contributed by atoms with Crippen molar-refractivity contribution < 1.29 is 4.42 Å². The Morgan fingerprint density at radius 1 is 1.44 bits per heavy atom. The quantitative estimate of drug-likeness (QED) is 0.875. The summed E-state index contributed by atoms with van der Waals surface area (Å²) in [5, 5.41) is 0. The zero-order chi connectivity index (χ0) is 11.1. The number of H-pyrrole nitrogens is 1. The van der Waals surface area contributed by atoms with Gasteiger partial charge in [-0.05, 0) is 34.8 Å². The molecule has 16 heavy (non-hydrogen) atoms. The molecular formula is C11H11BrN2O2. The molecule has 3 rings (SSSR count). The number of pyridine rings is 1. The van der Waals surface area contributed by atoms with E-state index in [1.165, 1.54) is 25.7 Å². The molecule has 0 aliphatic heterocycles. The van der Waals surface area contributed by atoms with Crippen LogP contribution in [0.3, 0.4) is 0 Å². The van der Waals surface area contributed by atoms with Gasteiger partial charge in [-0.2, -0.15) is 0 Å². The summed E-state index contributed by atoms with van der Waals surface area (Å²) in [5.41, 5.74) is 2.08. The van der Waals surface area contributed by atoms with Crippen molar-refractivity contribution in [2.24, 2.45) is 0 Å². The van der Waals surface area contributed by atoms with Gasteiger partial charge in [-0.25, -0.2) is 9.78 Å². The fourth-order valence-electron chi connectivity index (χ4n) is 2.36. The summed E-state index contributed by atoms with van der Waals surface area (Å²) in [5.74, 6) is 0.0527. The van der Waals surface area contributed by atoms with Gasteiger partial charge in [0.05, 0.1) is 5.69 Å². The van der Waals surface area contributed by atoms with Gasteiger partial charge < -0.3 is 4.42 Å². The third kappa shape index (κ3) is 1.59. The topological polar surface area (TPSA) is 58.9 Å². The molecule has 0 amide bonds. The molecule has 2 aromatic heterocycles. The summed E-state index contributed by atoms with van der Waals surface area (Å²) < 4.78 is 5.94. The van der Waals surface area contributed by atoms with Gasteiger partial charge in [0.2, 0.25) is 5.71 Å². The van der Waals surface area contributed by atoms with Crippen LogP contribution < -0.4 is 5.76 Å². The van der Waals surface area contributed by atoms with E-state index in [9.17, 15) is 4.79 Å². The van der Waals surface area contributed by atoms with Crippen molar-refractivity contribution in [3.8, 4) is 0 Å². The summed E-state index contributed by atoms with van der Waals surface area (Å²) in [6, 6.07) is 1.88. The predicted octanol–water partition coefficient (Wildman–Crippen LogP) is 2.94. The molecular weight excluding hydrogens is 272 g/mol. The number of nitrogens with one attached hydrogen (secondary N) is 1. The molecule has 1 saturated carbocycles. The van der Waals surface area contributed by atoms with E-state index in [0.29, 0.717) is 17.1 Å². The zero-order valence-corrected chi connectivity index (χ0v) is 10.2. The maximum atomic E-state index is 11.1. The lowest BCUT2D eigenvalue weighted by Crippen LogP contribution is -1.97. The summed E-state index contributed by atoms with van der Waals surface area (Å²) in [6.07, 6.45) is 4.86. The summed E-state index contributed by atoms with van der Waals surface area (Å²) in [4.78, 5) is 18.1. The first kappa shape index (κ1) is 10.1. The number of hydrogen-bond acceptors (Lipinski definition) is 3. The van der Waals surface area contributed by atoms with Crippen LogP contribution in [-0.2, 0) is 0 Å². The maximum Gasteiger partial charge on any atom is 0.418 e. The average Bonchev–Trinajstić information content (AvgIpc) is 2.83. The number of hydrogen-bond donors (Lipinski definition) is 1. The molecule has 1 aliphatic rings. The van der Waals surface area contributed by atoms with E-state index in [4.69, 9.17) is 4.42 Å². The highest BCUT2D eigenvalue weighted by Gasteiger charge is 2.22. The Morgan fingerprint density at radius 2 is 2.19 bits per heavy atom. The molecule has 0 bridgehead atoms. The standard InChI is InChI=1S/C11H11BrN2O2/c12-7-5-8-10(16-11(15)13-8)14-9(7)6-3-1-2-4-6/h5-6H,1-4H2,(H,13,15). The second-order valence-corrected chi connectivity index (χ2v) is 5.06. The monoisotopic (exact) mass is 282 g/mol. The van der Waals surface area contributed by atoms with Crippen molar-refractivity contribution in [2.75, 3.05) is 0 Å². The number of oxazole rings is 1. The summed E-state index contributed by atoms with van der Waals surface area (Å²) in [6.45, 7) is 0. The Labute approximate surface area is 100 Å². The average molecular weight is 283 g/mol. The number of aromatic amines is 1. The second kappa shape index (κ2) is 3.73. The van der Waals surface area contributed by atoms with Gasteiger partial charge in [0.15, 0.2) is 0 Å². The highest BCUT2D eigenvalue weighted by molar-refractivity contribution is 9.10. The van der Waals surface area contributed by atoms with Crippen LogP contribution in [-0.4, -0.2) is 9.97 Å². The minimum Gasteiger partial charge on any atom is -0.389 e. The number of nitrogens with zero attached hydrogens (tertiary/aromatic N) is 1. The summed E-state index contributed by atoms with van der Waals surface area (Å²) >= 11 is 3.51. The maximum absolute atomic E-state index is 11.1. The minimum absolute atomic E-state index is 0.412. The lowest BCUT2D eigenvalue weighted by atomic mass is 10.0. The van der Waals surface area contributed by atoms with Crippen LogP contribution in [0.5, 0.6) is 0 Å². The van der Waals surface area contributed by atoms with Crippen LogP contribution in [0, 0.1) is 0 Å². The molecule has 0 atom stereocenters. The van der Waals surface area contributed by atoms with Gasteiger partial charge in [0.1, 0.15) is 5.52 Å². The van der Waals surface area contributed by atoms with Crippen LogP contribution in [0.25, 0.3) is 11.2 Å². The highest BCUT2D eigenvalue weighted by Crippen LogP contribution is 2.37. The Bertz CT molecular complexity index is 581. The predicted molar refractivity (Wildman–Crippen MR) is 63.5 cm³/mol. The first-order chi connectivity index (χ1) is 7.74. The third-order valence-corrected chi connectivity index (χ3v) is 3.77. The molecule has 5 heteroatoms. The van der Waals surface area contributed by atoms with Gasteiger partial charge in [-0.15, -0.1) is 0 Å². The molecule has 1 aliphatic carbocycles. The van der Waals surface area contributed by atoms with Crippen LogP contribution in [0.4, 0.5) is 0 Å². The number of halogens is 1. The van der Waals surface area contributed by atoms with Crippen LogP contribution >= 0.6 is 15.9 Å². The fraction of sp³-hybridized carbons (Fsp3) is 0.455. The van der Waals surface area contributed by atoms with E-state index < -0.39 is 5.76 Å². The molecule has 0 saturated heterocycles. The smallest absolute Gasteiger partial charge is 0.389 e. The van der Waals surface area contributed by atoms with Crippen molar-refractivity contribution >= 4 is 27.2 Å². The number of aromatic nitrogens is 2. The molecule has 2 heterocycles. The van der Waals surface area contributed by atoms with Crippen molar-refractivity contribution in [1.29, 1.82) is 0 Å². The Kier molecular flexibility index (Phi) is 2.35. The lowest BCUT2D eigenvalue weighted by Gasteiger charge is -2.09. The first-order valence-corrected chi connectivity index (χ1v) is 6.22. The first-order valence-electron chi connectivity index (χ1n) is 5.43. The van der Waals surface area contributed by atoms with Gasteiger partial charge in [-0.1, -0.05) is 12.8 Å². The van der Waals surface area contributed by atoms with Crippen LogP contribution in [0.15, 0.2) is 19.8 Å². The normalized spacial score (nSPS) is 17.3. The van der Waals surface area contributed by atoms with Crippen molar-refractivity contribution in [3.05, 3.63) is 26.8 Å². The van der Waals surface area contributed by atoms with Gasteiger partial charge >= 0.3 is 5.76 Å². The van der Waals surface area contributed by atoms with E-state index in [0.717, 1.165) is 10.2 Å². The van der Waals surface area contributed by atoms with Gasteiger partial charge in [0.25, 0.3) is 0 Å². The van der Waals surface area contributed by atoms with E-state index in [1.807, 2.05) is 6.07 Å². The molecule has 84 valence electrons. The van der Waals surface area contributed by atoms with Gasteiger partial charge in [-0.3, -0.25) is 4.98 Å². The van der Waals surface area contributed by atoms with E-state index in [1.54, 1.807) is 0 Å².